The average Bonchev–Trinajstić information content (AvgIpc) is 2.40. The number of anilines is 1. The Balaban J connectivity index is 2.54. The summed E-state index contributed by atoms with van der Waals surface area (Å²) in [5.74, 6) is -0.170. The summed E-state index contributed by atoms with van der Waals surface area (Å²) >= 11 is 11.9. The first-order valence-electron chi connectivity index (χ1n) is 7.01. The van der Waals surface area contributed by atoms with E-state index in [4.69, 9.17) is 28.9 Å². The molecule has 0 aliphatic carbocycles. The van der Waals surface area contributed by atoms with E-state index in [1.54, 1.807) is 12.1 Å². The normalized spacial score (nSPS) is 12.2. The number of nitrogen functional groups attached to an aromatic ring is 1. The van der Waals surface area contributed by atoms with Crippen LogP contribution in [-0.4, -0.2) is 11.9 Å². The second-order valence-corrected chi connectivity index (χ2v) is 5.89. The molecule has 0 aromatic heterocycles. The first kappa shape index (κ1) is 17.1. The number of nitrogens with one attached hydrogen (secondary N) is 1. The molecule has 5 heteroatoms. The topological polar surface area (TPSA) is 55.1 Å². The van der Waals surface area contributed by atoms with Crippen molar-refractivity contribution < 1.29 is 4.79 Å². The van der Waals surface area contributed by atoms with E-state index in [1.165, 1.54) is 19.3 Å². The molecule has 0 spiro atoms. The van der Waals surface area contributed by atoms with E-state index in [9.17, 15) is 4.79 Å². The number of nitrogens with two attached hydrogens (primary N) is 1. The van der Waals surface area contributed by atoms with Crippen molar-refractivity contribution >= 4 is 34.8 Å². The van der Waals surface area contributed by atoms with Gasteiger partial charge in [0, 0.05) is 11.6 Å². The van der Waals surface area contributed by atoms with Crippen molar-refractivity contribution in [2.75, 3.05) is 5.73 Å². The lowest BCUT2D eigenvalue weighted by atomic mass is 10.1. The van der Waals surface area contributed by atoms with Crippen molar-refractivity contribution in [1.29, 1.82) is 0 Å². The van der Waals surface area contributed by atoms with Gasteiger partial charge in [0.2, 0.25) is 0 Å². The summed E-state index contributed by atoms with van der Waals surface area (Å²) in [4.78, 5) is 12.1. The van der Waals surface area contributed by atoms with Crippen molar-refractivity contribution in [3.8, 4) is 0 Å². The number of amides is 1. The predicted molar refractivity (Wildman–Crippen MR) is 86.6 cm³/mol. The molecule has 1 rings (SSSR count). The number of rotatable bonds is 7. The minimum absolute atomic E-state index is 0.134. The molecule has 0 radical (unpaired) electrons. The number of benzene rings is 1. The van der Waals surface area contributed by atoms with Gasteiger partial charge in [0.1, 0.15) is 0 Å². The molecule has 0 aliphatic heterocycles. The third kappa shape index (κ3) is 5.22. The molecule has 1 aromatic rings. The van der Waals surface area contributed by atoms with Crippen LogP contribution in [0.15, 0.2) is 12.1 Å². The van der Waals surface area contributed by atoms with Crippen LogP contribution in [0.4, 0.5) is 5.69 Å². The molecule has 0 saturated carbocycles. The van der Waals surface area contributed by atoms with Gasteiger partial charge in [0.25, 0.3) is 5.91 Å². The maximum absolute atomic E-state index is 12.1. The van der Waals surface area contributed by atoms with Crippen molar-refractivity contribution in [2.45, 2.75) is 52.0 Å². The zero-order valence-corrected chi connectivity index (χ0v) is 13.5. The van der Waals surface area contributed by atoms with Gasteiger partial charge >= 0.3 is 0 Å². The molecular weight excluding hydrogens is 295 g/mol. The Morgan fingerprint density at radius 1 is 1.25 bits per heavy atom. The molecule has 0 bridgehead atoms. The zero-order valence-electron chi connectivity index (χ0n) is 12.0. The second-order valence-electron chi connectivity index (χ2n) is 5.08. The Morgan fingerprint density at radius 2 is 1.85 bits per heavy atom. The number of carbonyl (C=O) groups excluding carboxylic acids is 1. The van der Waals surface area contributed by atoms with Crippen LogP contribution >= 0.6 is 23.2 Å². The summed E-state index contributed by atoms with van der Waals surface area (Å²) in [5.41, 5.74) is 6.39. The highest BCUT2D eigenvalue weighted by atomic mass is 35.5. The fourth-order valence-corrected chi connectivity index (χ4v) is 2.46. The van der Waals surface area contributed by atoms with Crippen LogP contribution in [0.3, 0.4) is 0 Å². The van der Waals surface area contributed by atoms with Crippen molar-refractivity contribution in [3.05, 3.63) is 27.7 Å². The molecule has 0 saturated heterocycles. The molecule has 0 heterocycles. The molecule has 1 unspecified atom stereocenters. The standard InChI is InChI=1S/C15H22Cl2N2O/c1-3-4-5-6-7-10(2)19-15(20)11-8-12(16)14(18)13(17)9-11/h8-10H,3-7,18H2,1-2H3,(H,19,20). The maximum atomic E-state index is 12.1. The van der Waals surface area contributed by atoms with Crippen molar-refractivity contribution in [3.63, 3.8) is 0 Å². The summed E-state index contributed by atoms with van der Waals surface area (Å²) < 4.78 is 0. The summed E-state index contributed by atoms with van der Waals surface area (Å²) in [7, 11) is 0. The van der Waals surface area contributed by atoms with Crippen LogP contribution < -0.4 is 11.1 Å². The monoisotopic (exact) mass is 316 g/mol. The fourth-order valence-electron chi connectivity index (χ4n) is 1.97. The van der Waals surface area contributed by atoms with E-state index >= 15 is 0 Å². The lowest BCUT2D eigenvalue weighted by Crippen LogP contribution is -2.32. The summed E-state index contributed by atoms with van der Waals surface area (Å²) in [6.45, 7) is 4.18. The SMILES string of the molecule is CCCCCCC(C)NC(=O)c1cc(Cl)c(N)c(Cl)c1. The molecule has 112 valence electrons. The number of hydrogen-bond acceptors (Lipinski definition) is 2. The highest BCUT2D eigenvalue weighted by Crippen LogP contribution is 2.28. The van der Waals surface area contributed by atoms with E-state index < -0.39 is 0 Å². The largest absolute Gasteiger partial charge is 0.396 e. The molecule has 20 heavy (non-hydrogen) atoms. The molecule has 3 nitrogen and oxygen atoms in total. The Labute approximate surface area is 130 Å². The van der Waals surface area contributed by atoms with E-state index in [0.717, 1.165) is 12.8 Å². The van der Waals surface area contributed by atoms with E-state index in [-0.39, 0.29) is 11.9 Å². The minimum Gasteiger partial charge on any atom is -0.396 e. The van der Waals surface area contributed by atoms with E-state index in [2.05, 4.69) is 12.2 Å². The maximum Gasteiger partial charge on any atom is 0.251 e. The lowest BCUT2D eigenvalue weighted by Gasteiger charge is -2.14. The zero-order chi connectivity index (χ0) is 15.1. The van der Waals surface area contributed by atoms with Crippen LogP contribution in [-0.2, 0) is 0 Å². The van der Waals surface area contributed by atoms with Crippen LogP contribution in [0.25, 0.3) is 0 Å². The molecule has 1 amide bonds. The first-order chi connectivity index (χ1) is 9.45. The molecule has 1 aromatic carbocycles. The fraction of sp³-hybridized carbons (Fsp3) is 0.533. The predicted octanol–water partition coefficient (Wildman–Crippen LogP) is 4.66. The van der Waals surface area contributed by atoms with Crippen LogP contribution in [0, 0.1) is 0 Å². The van der Waals surface area contributed by atoms with Gasteiger partial charge in [-0.05, 0) is 25.5 Å². The summed E-state index contributed by atoms with van der Waals surface area (Å²) in [5, 5.41) is 3.56. The van der Waals surface area contributed by atoms with Gasteiger partial charge in [-0.15, -0.1) is 0 Å². The smallest absolute Gasteiger partial charge is 0.251 e. The van der Waals surface area contributed by atoms with Gasteiger partial charge in [0.15, 0.2) is 0 Å². The van der Waals surface area contributed by atoms with Crippen LogP contribution in [0.1, 0.15) is 56.3 Å². The van der Waals surface area contributed by atoms with E-state index in [0.29, 0.717) is 21.3 Å². The first-order valence-corrected chi connectivity index (χ1v) is 7.76. The van der Waals surface area contributed by atoms with E-state index in [1.807, 2.05) is 6.92 Å². The Morgan fingerprint density at radius 3 is 2.40 bits per heavy atom. The average molecular weight is 317 g/mol. The quantitative estimate of drug-likeness (QED) is 0.567. The van der Waals surface area contributed by atoms with Gasteiger partial charge in [-0.3, -0.25) is 4.79 Å². The Hall–Kier alpha value is -0.930. The van der Waals surface area contributed by atoms with Crippen molar-refractivity contribution in [1.82, 2.24) is 5.32 Å². The van der Waals surface area contributed by atoms with Gasteiger partial charge in [-0.25, -0.2) is 0 Å². The molecule has 1 atom stereocenters. The molecule has 0 aliphatic rings. The summed E-state index contributed by atoms with van der Waals surface area (Å²) in [6.07, 6.45) is 5.75. The number of carbonyl (C=O) groups is 1. The number of halogens is 2. The third-order valence-electron chi connectivity index (χ3n) is 3.21. The van der Waals surface area contributed by atoms with Crippen molar-refractivity contribution in [2.24, 2.45) is 0 Å². The number of unbranched alkanes of at least 4 members (excludes halogenated alkanes) is 3. The third-order valence-corrected chi connectivity index (χ3v) is 3.83. The minimum atomic E-state index is -0.170. The van der Waals surface area contributed by atoms with Crippen LogP contribution in [0.2, 0.25) is 10.0 Å². The molecular formula is C15H22Cl2N2O. The Bertz CT molecular complexity index is 440. The second kappa shape index (κ2) is 8.38. The van der Waals surface area contributed by atoms with Gasteiger partial charge in [-0.2, -0.15) is 0 Å². The highest BCUT2D eigenvalue weighted by Gasteiger charge is 2.13. The van der Waals surface area contributed by atoms with Gasteiger partial charge < -0.3 is 11.1 Å². The molecule has 3 N–H and O–H groups in total. The number of hydrogen-bond donors (Lipinski definition) is 2. The van der Waals surface area contributed by atoms with Gasteiger partial charge in [0.05, 0.1) is 15.7 Å². The van der Waals surface area contributed by atoms with Crippen LogP contribution in [0.5, 0.6) is 0 Å². The summed E-state index contributed by atoms with van der Waals surface area (Å²) in [6, 6.07) is 3.22. The molecule has 0 fully saturated rings. The highest BCUT2D eigenvalue weighted by molar-refractivity contribution is 6.39. The Kier molecular flexibility index (Phi) is 7.17. The lowest BCUT2D eigenvalue weighted by molar-refractivity contribution is 0.0938. The van der Waals surface area contributed by atoms with Gasteiger partial charge in [-0.1, -0.05) is 55.8 Å².